The van der Waals surface area contributed by atoms with E-state index in [1.807, 2.05) is 0 Å². The zero-order chi connectivity index (χ0) is 16.7. The summed E-state index contributed by atoms with van der Waals surface area (Å²) in [4.78, 5) is 0. The largest absolute Gasteiger partial charge is 0.725 e. The summed E-state index contributed by atoms with van der Waals surface area (Å²) in [6.07, 6.45) is 0. The summed E-state index contributed by atoms with van der Waals surface area (Å²) in [5.74, 6) is 0. The third-order valence-corrected chi connectivity index (χ3v) is 1.50. The van der Waals surface area contributed by atoms with Crippen LogP contribution < -0.4 is 0 Å². The molecule has 0 heterocycles. The molecule has 0 radical (unpaired) electrons. The normalized spacial score (nSPS) is 12.7. The molecule has 0 aromatic carbocycles. The van der Waals surface area contributed by atoms with Crippen LogP contribution in [0.25, 0.3) is 0 Å². The maximum absolute atomic E-state index is 9.29. The van der Waals surface area contributed by atoms with E-state index in [0.717, 1.165) is 0 Å². The van der Waals surface area contributed by atoms with Gasteiger partial charge in [0, 0.05) is 67.8 Å². The lowest BCUT2D eigenvalue weighted by atomic mass is 11.8. The number of hydrogen-bond donors (Lipinski definition) is 0. The van der Waals surface area contributed by atoms with Crippen LogP contribution in [0.5, 0.6) is 0 Å². The van der Waals surface area contributed by atoms with Crippen LogP contribution in [0.3, 0.4) is 0 Å². The molecule has 0 aliphatic rings. The summed E-state index contributed by atoms with van der Waals surface area (Å²) in [5, 5.41) is 0. The van der Waals surface area contributed by atoms with Gasteiger partial charge in [0.05, 0.1) is 0 Å². The first-order valence-corrected chi connectivity index (χ1v) is 14.7. The maximum Gasteiger partial charge on any atom is 0.231 e. The Hall–Kier alpha value is 0.640. The van der Waals surface area contributed by atoms with Gasteiger partial charge in [-0.2, -0.15) is 3.63 Å². The van der Waals surface area contributed by atoms with Gasteiger partial charge in [0.25, 0.3) is 0 Å². The van der Waals surface area contributed by atoms with Crippen LogP contribution in [0.4, 0.5) is 0 Å². The fourth-order valence-corrected chi connectivity index (χ4v) is 0.919. The fraction of sp³-hybridized carbons (Fsp3) is 1.00. The molecule has 120 valence electrons. The first kappa shape index (κ1) is 24.6. The minimum absolute atomic E-state index is 0.389. The molecule has 0 saturated carbocycles. The van der Waals surface area contributed by atoms with E-state index in [9.17, 15) is 25.9 Å². The minimum atomic E-state index is -5.43. The van der Waals surface area contributed by atoms with Crippen molar-refractivity contribution in [3.63, 3.8) is 0 Å². The second kappa shape index (κ2) is 8.82. The van der Waals surface area contributed by atoms with Gasteiger partial charge in [0.2, 0.25) is 20.8 Å². The Balaban J connectivity index is -0.000000219. The molecule has 0 spiro atoms. The van der Waals surface area contributed by atoms with Crippen molar-refractivity contribution >= 4 is 35.3 Å². The molecule has 0 unspecified atom stereocenters. The standard InChI is InChI=1S/2C4H12P.H2O7S2/c2*1-5(2,3)4;1-8(2,3)7-9(4,5)6/h2*1-4H3;(H,1,2,3)(H,4,5,6)/q2*+1;/p-2. The predicted molar refractivity (Wildman–Crippen MR) is 81.7 cm³/mol. The van der Waals surface area contributed by atoms with Gasteiger partial charge in [-0.05, 0) is 0 Å². The Labute approximate surface area is 118 Å². The van der Waals surface area contributed by atoms with Crippen molar-refractivity contribution in [1.82, 2.24) is 0 Å². The SMILES string of the molecule is C[P+](C)(C)C.C[P+](C)(C)C.O=S(=O)([O-])OS(=O)(=O)[O-]. The molecule has 7 nitrogen and oxygen atoms in total. The van der Waals surface area contributed by atoms with Crippen molar-refractivity contribution in [2.24, 2.45) is 0 Å². The van der Waals surface area contributed by atoms with Crippen LogP contribution in [0, 0.1) is 0 Å². The molecular formula is C8H24O7P2S2. The molecule has 0 aromatic heterocycles. The lowest BCUT2D eigenvalue weighted by Crippen LogP contribution is -2.11. The van der Waals surface area contributed by atoms with E-state index in [1.165, 1.54) is 0 Å². The summed E-state index contributed by atoms with van der Waals surface area (Å²) >= 11 is 0. The van der Waals surface area contributed by atoms with Crippen LogP contribution in [0.15, 0.2) is 0 Å². The Morgan fingerprint density at radius 2 is 0.737 bits per heavy atom. The van der Waals surface area contributed by atoms with Gasteiger partial charge < -0.3 is 9.11 Å². The molecule has 19 heavy (non-hydrogen) atoms. The molecule has 0 bridgehead atoms. The van der Waals surface area contributed by atoms with Crippen LogP contribution in [0.2, 0.25) is 0 Å². The van der Waals surface area contributed by atoms with Gasteiger partial charge >= 0.3 is 0 Å². The highest BCUT2D eigenvalue weighted by Gasteiger charge is 2.03. The lowest BCUT2D eigenvalue weighted by molar-refractivity contribution is 0.329. The fourth-order valence-electron chi connectivity index (χ4n) is 0.102. The third kappa shape index (κ3) is 117. The third-order valence-electron chi connectivity index (χ3n) is 0.167. The van der Waals surface area contributed by atoms with Gasteiger partial charge in [0.15, 0.2) is 0 Å². The van der Waals surface area contributed by atoms with Crippen molar-refractivity contribution in [2.45, 2.75) is 0 Å². The van der Waals surface area contributed by atoms with Crippen molar-refractivity contribution in [1.29, 1.82) is 0 Å². The van der Waals surface area contributed by atoms with E-state index in [4.69, 9.17) is 0 Å². The minimum Gasteiger partial charge on any atom is -0.725 e. The smallest absolute Gasteiger partial charge is 0.231 e. The molecule has 11 heteroatoms. The number of hydrogen-bond acceptors (Lipinski definition) is 7. The highest BCUT2D eigenvalue weighted by atomic mass is 32.3. The molecule has 0 rings (SSSR count). The van der Waals surface area contributed by atoms with E-state index in [-0.39, 0.29) is 14.5 Å². The maximum atomic E-state index is 9.29. The summed E-state index contributed by atoms with van der Waals surface area (Å²) in [6, 6.07) is 0. The van der Waals surface area contributed by atoms with Crippen LogP contribution in [-0.2, 0) is 24.4 Å². The van der Waals surface area contributed by atoms with Crippen LogP contribution in [0.1, 0.15) is 0 Å². The quantitative estimate of drug-likeness (QED) is 0.409. The van der Waals surface area contributed by atoms with E-state index >= 15 is 0 Å². The molecule has 0 aliphatic carbocycles. The monoisotopic (exact) mass is 358 g/mol. The summed E-state index contributed by atoms with van der Waals surface area (Å²) in [7, 11) is -11.6. The van der Waals surface area contributed by atoms with E-state index in [2.05, 4.69) is 56.9 Å². The zero-order valence-electron chi connectivity index (χ0n) is 12.6. The van der Waals surface area contributed by atoms with E-state index in [1.54, 1.807) is 0 Å². The molecule has 0 aromatic rings. The molecule has 0 N–H and O–H groups in total. The van der Waals surface area contributed by atoms with Crippen LogP contribution in [-0.4, -0.2) is 79.3 Å². The summed E-state index contributed by atoms with van der Waals surface area (Å²) in [5.41, 5.74) is 0. The number of rotatable bonds is 2. The van der Waals surface area contributed by atoms with Gasteiger partial charge in [-0.1, -0.05) is 0 Å². The summed E-state index contributed by atoms with van der Waals surface area (Å²) in [6.45, 7) is 18.4. The Morgan fingerprint density at radius 1 is 0.632 bits per heavy atom. The second-order valence-corrected chi connectivity index (χ2v) is 19.2. The topological polar surface area (TPSA) is 124 Å². The molecular weight excluding hydrogens is 334 g/mol. The Bertz CT molecular complexity index is 375. The van der Waals surface area contributed by atoms with Crippen molar-refractivity contribution in [3.8, 4) is 0 Å². The highest BCUT2D eigenvalue weighted by Crippen LogP contribution is 2.40. The predicted octanol–water partition coefficient (Wildman–Crippen LogP) is 0.970. The molecule has 0 atom stereocenters. The lowest BCUT2D eigenvalue weighted by Gasteiger charge is -2.08. The zero-order valence-corrected chi connectivity index (χ0v) is 16.0. The van der Waals surface area contributed by atoms with E-state index < -0.39 is 20.8 Å². The van der Waals surface area contributed by atoms with Gasteiger partial charge in [-0.15, -0.1) is 0 Å². The van der Waals surface area contributed by atoms with Gasteiger partial charge in [0.1, 0.15) is 0 Å². The molecule has 0 amide bonds. The summed E-state index contributed by atoms with van der Waals surface area (Å²) < 4.78 is 58.2. The van der Waals surface area contributed by atoms with Crippen LogP contribution >= 0.6 is 14.5 Å². The molecule has 0 saturated heterocycles. The van der Waals surface area contributed by atoms with Crippen molar-refractivity contribution in [2.75, 3.05) is 53.3 Å². The first-order valence-electron chi connectivity index (χ1n) is 4.91. The highest BCUT2D eigenvalue weighted by molar-refractivity contribution is 7.94. The first-order chi connectivity index (χ1) is 7.71. The average molecular weight is 358 g/mol. The molecule has 0 fully saturated rings. The Kier molecular flexibility index (Phi) is 11.4. The average Bonchev–Trinajstić information content (AvgIpc) is 1.63. The van der Waals surface area contributed by atoms with Gasteiger partial charge in [-0.25, -0.2) is 16.8 Å². The van der Waals surface area contributed by atoms with Crippen molar-refractivity contribution < 1.29 is 29.6 Å². The van der Waals surface area contributed by atoms with Gasteiger partial charge in [-0.3, -0.25) is 0 Å². The Morgan fingerprint density at radius 3 is 0.737 bits per heavy atom. The second-order valence-electron chi connectivity index (χ2n) is 6.25. The molecule has 0 aliphatic heterocycles. The van der Waals surface area contributed by atoms with E-state index in [0.29, 0.717) is 0 Å². The van der Waals surface area contributed by atoms with Crippen molar-refractivity contribution in [3.05, 3.63) is 0 Å².